The Labute approximate surface area is 166 Å². The van der Waals surface area contributed by atoms with Crippen molar-refractivity contribution in [2.75, 3.05) is 36.4 Å². The van der Waals surface area contributed by atoms with Crippen molar-refractivity contribution in [3.05, 3.63) is 45.8 Å². The predicted molar refractivity (Wildman–Crippen MR) is 107 cm³/mol. The number of rotatable bonds is 4. The van der Waals surface area contributed by atoms with E-state index in [1.165, 1.54) is 19.5 Å². The van der Waals surface area contributed by atoms with Gasteiger partial charge in [-0.3, -0.25) is 4.79 Å². The van der Waals surface area contributed by atoms with Crippen LogP contribution in [0.3, 0.4) is 0 Å². The number of furan rings is 1. The zero-order chi connectivity index (χ0) is 18.1. The molecule has 0 atom stereocenters. The van der Waals surface area contributed by atoms with Crippen molar-refractivity contribution in [2.45, 2.75) is 25.3 Å². The van der Waals surface area contributed by atoms with Gasteiger partial charge in [-0.05, 0) is 72.5 Å². The number of carbonyl (C=O) groups excluding carboxylic acids is 1. The van der Waals surface area contributed by atoms with Crippen molar-refractivity contribution in [3.63, 3.8) is 0 Å². The van der Waals surface area contributed by atoms with Gasteiger partial charge in [0.25, 0.3) is 5.91 Å². The van der Waals surface area contributed by atoms with Crippen molar-refractivity contribution < 1.29 is 9.21 Å². The van der Waals surface area contributed by atoms with Gasteiger partial charge in [0.2, 0.25) is 0 Å². The summed E-state index contributed by atoms with van der Waals surface area (Å²) < 4.78 is 5.87. The summed E-state index contributed by atoms with van der Waals surface area (Å²) in [5.41, 5.74) is 1.62. The first kappa shape index (κ1) is 17.9. The van der Waals surface area contributed by atoms with E-state index in [4.69, 9.17) is 16.0 Å². The summed E-state index contributed by atoms with van der Waals surface area (Å²) in [6.45, 7) is 4.35. The average Bonchev–Trinajstić information content (AvgIpc) is 3.01. The molecule has 2 aliphatic heterocycles. The van der Waals surface area contributed by atoms with E-state index in [1.807, 2.05) is 18.2 Å². The maximum Gasteiger partial charge on any atom is 0.291 e. The summed E-state index contributed by atoms with van der Waals surface area (Å²) in [5, 5.41) is 3.60. The molecule has 2 aliphatic rings. The third kappa shape index (κ3) is 3.63. The molecule has 2 saturated heterocycles. The van der Waals surface area contributed by atoms with Crippen molar-refractivity contribution in [2.24, 2.45) is 0 Å². The molecular weight excluding hydrogens is 418 g/mol. The van der Waals surface area contributed by atoms with Crippen LogP contribution >= 0.6 is 27.5 Å². The zero-order valence-electron chi connectivity index (χ0n) is 14.4. The van der Waals surface area contributed by atoms with Gasteiger partial charge >= 0.3 is 0 Å². The minimum Gasteiger partial charge on any atom is -0.444 e. The van der Waals surface area contributed by atoms with E-state index < -0.39 is 0 Å². The number of nitrogens with one attached hydrogen (secondary N) is 1. The second kappa shape index (κ2) is 7.62. The molecule has 1 N–H and O–H groups in total. The van der Waals surface area contributed by atoms with Crippen molar-refractivity contribution in [3.8, 4) is 0 Å². The Kier molecular flexibility index (Phi) is 5.25. The number of piperidine rings is 1. The third-order valence-corrected chi connectivity index (χ3v) is 5.95. The van der Waals surface area contributed by atoms with Crippen LogP contribution in [0, 0.1) is 0 Å². The first-order valence-electron chi connectivity index (χ1n) is 8.96. The summed E-state index contributed by atoms with van der Waals surface area (Å²) in [7, 11) is 0. The number of para-hydroxylation sites is 1. The van der Waals surface area contributed by atoms with Crippen LogP contribution < -0.4 is 10.2 Å². The summed E-state index contributed by atoms with van der Waals surface area (Å²) in [5.74, 6) is -0.0195. The van der Waals surface area contributed by atoms with Crippen LogP contribution in [0.1, 0.15) is 29.8 Å². The standard InChI is InChI=1S/C19H21BrClN3O2/c20-17-6-5-16(26-17)19(25)22-15-4-1-3-14(21)18(15)24-11-7-13(8-12-24)23-9-2-10-23/h1,3-6,13H,2,7-12H2,(H,22,25). The number of halogens is 2. The molecule has 5 nitrogen and oxygen atoms in total. The highest BCUT2D eigenvalue weighted by Crippen LogP contribution is 2.36. The summed E-state index contributed by atoms with van der Waals surface area (Å²) >= 11 is 9.72. The van der Waals surface area contributed by atoms with Gasteiger partial charge in [0.1, 0.15) is 0 Å². The second-order valence-corrected chi connectivity index (χ2v) is 7.99. The number of hydrogen-bond donors (Lipinski definition) is 1. The van der Waals surface area contributed by atoms with Crippen LogP contribution in [0.2, 0.25) is 5.02 Å². The molecule has 0 bridgehead atoms. The van der Waals surface area contributed by atoms with E-state index in [-0.39, 0.29) is 11.7 Å². The highest BCUT2D eigenvalue weighted by atomic mass is 79.9. The molecule has 0 aliphatic carbocycles. The lowest BCUT2D eigenvalue weighted by Gasteiger charge is -2.43. The Balaban J connectivity index is 1.50. The molecule has 0 radical (unpaired) electrons. The molecule has 7 heteroatoms. The van der Waals surface area contributed by atoms with E-state index >= 15 is 0 Å². The number of likely N-dealkylation sites (tertiary alicyclic amines) is 1. The molecule has 0 spiro atoms. The fourth-order valence-electron chi connectivity index (χ4n) is 3.72. The molecule has 26 heavy (non-hydrogen) atoms. The highest BCUT2D eigenvalue weighted by Gasteiger charge is 2.29. The zero-order valence-corrected chi connectivity index (χ0v) is 16.7. The largest absolute Gasteiger partial charge is 0.444 e. The molecule has 4 rings (SSSR count). The molecular formula is C19H21BrClN3O2. The lowest BCUT2D eigenvalue weighted by molar-refractivity contribution is 0.0993. The molecule has 0 saturated carbocycles. The first-order valence-corrected chi connectivity index (χ1v) is 10.1. The minimum absolute atomic E-state index is 0.263. The molecule has 2 fully saturated rings. The summed E-state index contributed by atoms with van der Waals surface area (Å²) in [6.07, 6.45) is 3.58. The molecule has 1 aromatic heterocycles. The molecule has 1 aromatic carbocycles. The fraction of sp³-hybridized carbons (Fsp3) is 0.421. The van der Waals surface area contributed by atoms with Gasteiger partial charge in [-0.15, -0.1) is 0 Å². The van der Waals surface area contributed by atoms with Crippen LogP contribution in [0.5, 0.6) is 0 Å². The summed E-state index contributed by atoms with van der Waals surface area (Å²) in [6, 6.07) is 9.64. The first-order chi connectivity index (χ1) is 12.6. The number of amides is 1. The van der Waals surface area contributed by atoms with E-state index in [2.05, 4.69) is 31.0 Å². The van der Waals surface area contributed by atoms with Crippen LogP contribution in [0.4, 0.5) is 11.4 Å². The quantitative estimate of drug-likeness (QED) is 0.756. The lowest BCUT2D eigenvalue weighted by atomic mass is 9.99. The Morgan fingerprint density at radius 2 is 1.92 bits per heavy atom. The van der Waals surface area contributed by atoms with Crippen LogP contribution in [-0.2, 0) is 0 Å². The number of nitrogens with zero attached hydrogens (tertiary/aromatic N) is 2. The monoisotopic (exact) mass is 437 g/mol. The van der Waals surface area contributed by atoms with E-state index in [0.29, 0.717) is 15.7 Å². The van der Waals surface area contributed by atoms with Gasteiger partial charge in [0.05, 0.1) is 16.4 Å². The Hall–Kier alpha value is -1.50. The third-order valence-electron chi connectivity index (χ3n) is 5.22. The molecule has 0 unspecified atom stereocenters. The van der Waals surface area contributed by atoms with E-state index in [9.17, 15) is 4.79 Å². The van der Waals surface area contributed by atoms with Gasteiger partial charge in [-0.25, -0.2) is 0 Å². The molecule has 138 valence electrons. The van der Waals surface area contributed by atoms with Crippen molar-refractivity contribution in [1.82, 2.24) is 4.90 Å². The smallest absolute Gasteiger partial charge is 0.291 e. The van der Waals surface area contributed by atoms with Crippen molar-refractivity contribution in [1.29, 1.82) is 0 Å². The van der Waals surface area contributed by atoms with Crippen molar-refractivity contribution >= 4 is 44.8 Å². The van der Waals surface area contributed by atoms with Gasteiger partial charge in [0, 0.05) is 19.1 Å². The number of hydrogen-bond acceptors (Lipinski definition) is 4. The van der Waals surface area contributed by atoms with Gasteiger partial charge < -0.3 is 19.5 Å². The van der Waals surface area contributed by atoms with Gasteiger partial charge in [-0.2, -0.15) is 0 Å². The maximum absolute atomic E-state index is 12.5. The molecule has 2 aromatic rings. The second-order valence-electron chi connectivity index (χ2n) is 6.80. The molecule has 3 heterocycles. The van der Waals surface area contributed by atoms with Gasteiger partial charge in [0.15, 0.2) is 10.4 Å². The van der Waals surface area contributed by atoms with E-state index in [1.54, 1.807) is 12.1 Å². The Morgan fingerprint density at radius 1 is 1.15 bits per heavy atom. The van der Waals surface area contributed by atoms with Crippen LogP contribution in [-0.4, -0.2) is 43.0 Å². The SMILES string of the molecule is O=C(Nc1cccc(Cl)c1N1CCC(N2CCC2)CC1)c1ccc(Br)o1. The Bertz CT molecular complexity index is 798. The maximum atomic E-state index is 12.5. The average molecular weight is 439 g/mol. The minimum atomic E-state index is -0.283. The van der Waals surface area contributed by atoms with Gasteiger partial charge in [-0.1, -0.05) is 17.7 Å². The van der Waals surface area contributed by atoms with Crippen LogP contribution in [0.15, 0.2) is 39.4 Å². The lowest BCUT2D eigenvalue weighted by Crippen LogP contribution is -2.50. The highest BCUT2D eigenvalue weighted by molar-refractivity contribution is 9.10. The fourth-order valence-corrected chi connectivity index (χ4v) is 4.32. The Morgan fingerprint density at radius 3 is 2.54 bits per heavy atom. The topological polar surface area (TPSA) is 48.7 Å². The number of carbonyl (C=O) groups is 1. The van der Waals surface area contributed by atoms with Crippen LogP contribution in [0.25, 0.3) is 0 Å². The summed E-state index contributed by atoms with van der Waals surface area (Å²) in [4.78, 5) is 17.3. The number of benzene rings is 1. The van der Waals surface area contributed by atoms with E-state index in [0.717, 1.165) is 37.3 Å². The molecule has 1 amide bonds. The number of anilines is 2. The normalized spacial score (nSPS) is 18.6. The predicted octanol–water partition coefficient (Wildman–Crippen LogP) is 4.62.